The molecule has 154 valence electrons. The van der Waals surface area contributed by atoms with Gasteiger partial charge in [0.25, 0.3) is 0 Å². The molecule has 2 aromatic heterocycles. The molecule has 0 aliphatic rings. The Balaban J connectivity index is 1.64. The number of hydrogen-bond donors (Lipinski definition) is 3. The molecule has 1 aromatic carbocycles. The maximum Gasteiger partial charge on any atom is 0.405 e. The van der Waals surface area contributed by atoms with Crippen LogP contribution in [-0.4, -0.2) is 50.4 Å². The van der Waals surface area contributed by atoms with E-state index in [-0.39, 0.29) is 19.6 Å². The molecule has 3 aromatic rings. The average Bonchev–Trinajstić information content (AvgIpc) is 3.10. The summed E-state index contributed by atoms with van der Waals surface area (Å²) in [4.78, 5) is 15.4. The Hall–Kier alpha value is -2.68. The minimum Gasteiger partial charge on any atom is -0.465 e. The minimum absolute atomic E-state index is 0.0284. The van der Waals surface area contributed by atoms with Crippen LogP contribution in [0.3, 0.4) is 0 Å². The van der Waals surface area contributed by atoms with E-state index in [1.54, 1.807) is 12.3 Å². The SMILES string of the molecule is CCn1ncc2cc(Cl)nc(C[C@H](O)COCC(NC(=O)O)c3ccccc3)c21. The largest absolute Gasteiger partial charge is 0.465 e. The number of benzene rings is 1. The summed E-state index contributed by atoms with van der Waals surface area (Å²) in [6.45, 7) is 2.77. The zero-order valence-corrected chi connectivity index (χ0v) is 16.7. The van der Waals surface area contributed by atoms with Crippen LogP contribution in [0.5, 0.6) is 0 Å². The Kier molecular flexibility index (Phi) is 7.03. The molecule has 0 saturated heterocycles. The summed E-state index contributed by atoms with van der Waals surface area (Å²) in [6.07, 6.45) is -0.00156. The van der Waals surface area contributed by atoms with E-state index in [9.17, 15) is 9.90 Å². The van der Waals surface area contributed by atoms with Crippen molar-refractivity contribution < 1.29 is 19.7 Å². The molecule has 0 aliphatic carbocycles. The lowest BCUT2D eigenvalue weighted by Crippen LogP contribution is -2.31. The van der Waals surface area contributed by atoms with Crippen LogP contribution in [0.15, 0.2) is 42.6 Å². The van der Waals surface area contributed by atoms with E-state index in [1.807, 2.05) is 41.9 Å². The molecule has 29 heavy (non-hydrogen) atoms. The van der Waals surface area contributed by atoms with Gasteiger partial charge in [-0.25, -0.2) is 9.78 Å². The van der Waals surface area contributed by atoms with Crippen LogP contribution in [0, 0.1) is 0 Å². The predicted octanol–water partition coefficient (Wildman–Crippen LogP) is 3.03. The lowest BCUT2D eigenvalue weighted by molar-refractivity contribution is 0.0274. The van der Waals surface area contributed by atoms with E-state index in [4.69, 9.17) is 21.4 Å². The summed E-state index contributed by atoms with van der Waals surface area (Å²) in [7, 11) is 0. The molecule has 3 N–H and O–H groups in total. The van der Waals surface area contributed by atoms with Crippen molar-refractivity contribution in [1.29, 1.82) is 0 Å². The molecule has 8 nitrogen and oxygen atoms in total. The van der Waals surface area contributed by atoms with E-state index in [0.717, 1.165) is 16.5 Å². The Morgan fingerprint density at radius 2 is 2.07 bits per heavy atom. The molecular formula is C20H23ClN4O4. The molecule has 0 fully saturated rings. The van der Waals surface area contributed by atoms with Gasteiger partial charge in [-0.15, -0.1) is 0 Å². The van der Waals surface area contributed by atoms with Crippen LogP contribution < -0.4 is 5.32 Å². The van der Waals surface area contributed by atoms with Crippen molar-refractivity contribution in [1.82, 2.24) is 20.1 Å². The average molecular weight is 419 g/mol. The molecule has 0 saturated carbocycles. The van der Waals surface area contributed by atoms with E-state index < -0.39 is 18.2 Å². The number of nitrogens with zero attached hydrogens (tertiary/aromatic N) is 3. The molecular weight excluding hydrogens is 396 g/mol. The number of aliphatic hydroxyl groups excluding tert-OH is 1. The number of amides is 1. The second-order valence-corrected chi connectivity index (χ2v) is 6.99. The fourth-order valence-electron chi connectivity index (χ4n) is 3.21. The van der Waals surface area contributed by atoms with Crippen molar-refractivity contribution >= 4 is 28.6 Å². The number of carboxylic acid groups (broad SMARTS) is 1. The topological polar surface area (TPSA) is 110 Å². The number of fused-ring (bicyclic) bond motifs is 1. The summed E-state index contributed by atoms with van der Waals surface area (Å²) in [5.41, 5.74) is 2.27. The first-order chi connectivity index (χ1) is 14.0. The van der Waals surface area contributed by atoms with Gasteiger partial charge in [-0.3, -0.25) is 4.68 Å². The maximum absolute atomic E-state index is 11.1. The highest BCUT2D eigenvalue weighted by molar-refractivity contribution is 6.30. The van der Waals surface area contributed by atoms with Gasteiger partial charge < -0.3 is 20.3 Å². The lowest BCUT2D eigenvalue weighted by atomic mass is 10.1. The van der Waals surface area contributed by atoms with Crippen molar-refractivity contribution in [3.63, 3.8) is 0 Å². The van der Waals surface area contributed by atoms with Crippen LogP contribution in [0.4, 0.5) is 4.79 Å². The van der Waals surface area contributed by atoms with Crippen molar-refractivity contribution in [2.45, 2.75) is 32.0 Å². The number of nitrogens with one attached hydrogen (secondary N) is 1. The van der Waals surface area contributed by atoms with Crippen LogP contribution in [0.2, 0.25) is 5.15 Å². The number of halogens is 1. The molecule has 9 heteroatoms. The normalized spacial score (nSPS) is 13.3. The van der Waals surface area contributed by atoms with Crippen LogP contribution >= 0.6 is 11.6 Å². The van der Waals surface area contributed by atoms with Gasteiger partial charge in [-0.2, -0.15) is 5.10 Å². The third-order valence-corrected chi connectivity index (χ3v) is 4.67. The van der Waals surface area contributed by atoms with Crippen molar-refractivity contribution in [3.05, 3.63) is 59.0 Å². The molecule has 0 bridgehead atoms. The van der Waals surface area contributed by atoms with Crippen molar-refractivity contribution in [3.8, 4) is 0 Å². The third kappa shape index (κ3) is 5.44. The van der Waals surface area contributed by atoms with Crippen molar-refractivity contribution in [2.24, 2.45) is 0 Å². The minimum atomic E-state index is -1.14. The Morgan fingerprint density at radius 1 is 1.31 bits per heavy atom. The fraction of sp³-hybridized carbons (Fsp3) is 0.350. The van der Waals surface area contributed by atoms with E-state index in [2.05, 4.69) is 15.4 Å². The lowest BCUT2D eigenvalue weighted by Gasteiger charge is -2.19. The van der Waals surface area contributed by atoms with Crippen LogP contribution in [0.1, 0.15) is 24.2 Å². The molecule has 3 rings (SSSR count). The number of pyridine rings is 1. The van der Waals surface area contributed by atoms with Gasteiger partial charge in [0.1, 0.15) is 5.15 Å². The van der Waals surface area contributed by atoms with E-state index in [0.29, 0.717) is 17.4 Å². The monoisotopic (exact) mass is 418 g/mol. The smallest absolute Gasteiger partial charge is 0.405 e. The summed E-state index contributed by atoms with van der Waals surface area (Å²) in [5, 5.41) is 27.5. The first kappa shape index (κ1) is 21.0. The molecule has 2 atom stereocenters. The van der Waals surface area contributed by atoms with Crippen molar-refractivity contribution in [2.75, 3.05) is 13.2 Å². The van der Waals surface area contributed by atoms with Gasteiger partial charge in [0.2, 0.25) is 0 Å². The molecule has 1 unspecified atom stereocenters. The first-order valence-electron chi connectivity index (χ1n) is 9.29. The summed E-state index contributed by atoms with van der Waals surface area (Å²) >= 11 is 6.10. The number of aliphatic hydroxyl groups is 1. The number of carbonyl (C=O) groups is 1. The van der Waals surface area contributed by atoms with E-state index in [1.165, 1.54) is 0 Å². The molecule has 2 heterocycles. The number of rotatable bonds is 9. The quantitative estimate of drug-likeness (QED) is 0.461. The number of aromatic nitrogens is 3. The van der Waals surface area contributed by atoms with Crippen LogP contribution in [0.25, 0.3) is 10.9 Å². The predicted molar refractivity (Wildman–Crippen MR) is 109 cm³/mol. The Morgan fingerprint density at radius 3 is 2.76 bits per heavy atom. The third-order valence-electron chi connectivity index (χ3n) is 4.48. The zero-order valence-electron chi connectivity index (χ0n) is 16.0. The molecule has 0 aliphatic heterocycles. The van der Waals surface area contributed by atoms with Gasteiger partial charge in [0, 0.05) is 18.4 Å². The highest BCUT2D eigenvalue weighted by Crippen LogP contribution is 2.22. The van der Waals surface area contributed by atoms with Gasteiger partial charge in [-0.05, 0) is 18.6 Å². The summed E-state index contributed by atoms with van der Waals surface area (Å²) in [5.74, 6) is 0. The van der Waals surface area contributed by atoms with E-state index >= 15 is 0 Å². The zero-order chi connectivity index (χ0) is 20.8. The number of aryl methyl sites for hydroxylation is 1. The van der Waals surface area contributed by atoms with Gasteiger partial charge >= 0.3 is 6.09 Å². The molecule has 0 radical (unpaired) electrons. The second kappa shape index (κ2) is 9.69. The number of hydrogen-bond acceptors (Lipinski definition) is 5. The second-order valence-electron chi connectivity index (χ2n) is 6.60. The highest BCUT2D eigenvalue weighted by Gasteiger charge is 2.17. The fourth-order valence-corrected chi connectivity index (χ4v) is 3.42. The van der Waals surface area contributed by atoms with Gasteiger partial charge in [-0.1, -0.05) is 41.9 Å². The van der Waals surface area contributed by atoms with Gasteiger partial charge in [0.15, 0.2) is 0 Å². The highest BCUT2D eigenvalue weighted by atomic mass is 35.5. The van der Waals surface area contributed by atoms with Gasteiger partial charge in [0.05, 0.1) is 42.8 Å². The Bertz CT molecular complexity index is 964. The molecule has 0 spiro atoms. The molecule has 1 amide bonds. The number of ether oxygens (including phenoxy) is 1. The summed E-state index contributed by atoms with van der Waals surface area (Å²) in [6, 6.07) is 10.4. The standard InChI is InChI=1S/C20H23ClN4O4/c1-2-25-19-14(10-22-25)8-18(21)23-16(19)9-15(26)11-29-12-17(24-20(27)28)13-6-4-3-5-7-13/h3-8,10,15,17,24,26H,2,9,11-12H2,1H3,(H,27,28)/t15-,17?/m0/s1. The van der Waals surface area contributed by atoms with Crippen LogP contribution in [-0.2, 0) is 17.7 Å². The first-order valence-corrected chi connectivity index (χ1v) is 9.66. The maximum atomic E-state index is 11.1. The Labute approximate surface area is 173 Å². The summed E-state index contributed by atoms with van der Waals surface area (Å²) < 4.78 is 7.42.